The number of fused-ring (bicyclic) bond motifs is 5. The second kappa shape index (κ2) is 8.62. The second-order valence-electron chi connectivity index (χ2n) is 10.6. The molecule has 1 spiro atoms. The maximum Gasteiger partial charge on any atom is 0.185 e. The predicted octanol–water partition coefficient (Wildman–Crippen LogP) is 6.96. The molecule has 3 atom stereocenters. The zero-order chi connectivity index (χ0) is 26.9. The monoisotopic (exact) mass is 529 g/mol. The molecule has 0 radical (unpaired) electrons. The predicted molar refractivity (Wildman–Crippen MR) is 153 cm³/mol. The highest BCUT2D eigenvalue weighted by Gasteiger charge is 2.71. The van der Waals surface area contributed by atoms with Gasteiger partial charge >= 0.3 is 0 Å². The van der Waals surface area contributed by atoms with Crippen molar-refractivity contribution < 1.29 is 14.4 Å². The van der Waals surface area contributed by atoms with Crippen LogP contribution in [0.1, 0.15) is 53.7 Å². The van der Waals surface area contributed by atoms with Gasteiger partial charge < -0.3 is 4.90 Å². The summed E-state index contributed by atoms with van der Waals surface area (Å²) in [5.74, 6) is -1.30. The molecule has 4 aromatic carbocycles. The maximum absolute atomic E-state index is 14.6. The van der Waals surface area contributed by atoms with E-state index in [1.807, 2.05) is 78.6 Å². The number of benzene rings is 4. The minimum Gasteiger partial charge on any atom is -0.352 e. The van der Waals surface area contributed by atoms with Crippen molar-refractivity contribution in [2.75, 3.05) is 4.90 Å². The molecule has 0 N–H and O–H groups in total. The lowest BCUT2D eigenvalue weighted by atomic mass is 9.64. The number of carbonyl (C=O) groups excluding carboxylic acids is 3. The van der Waals surface area contributed by atoms with Gasteiger partial charge in [-0.25, -0.2) is 0 Å². The molecule has 0 saturated carbocycles. The summed E-state index contributed by atoms with van der Waals surface area (Å²) < 4.78 is 0. The zero-order valence-electron chi connectivity index (χ0n) is 21.2. The molecule has 0 aromatic heterocycles. The normalized spacial score (nSPS) is 22.1. The van der Waals surface area contributed by atoms with Gasteiger partial charge in [-0.05, 0) is 36.2 Å². The zero-order valence-corrected chi connectivity index (χ0v) is 21.9. The molecule has 0 amide bonds. The lowest BCUT2D eigenvalue weighted by Gasteiger charge is -2.37. The summed E-state index contributed by atoms with van der Waals surface area (Å²) in [6.45, 7) is 1.99. The van der Waals surface area contributed by atoms with Crippen molar-refractivity contribution in [1.82, 2.24) is 0 Å². The molecule has 3 aliphatic rings. The Balaban J connectivity index is 1.55. The van der Waals surface area contributed by atoms with Crippen LogP contribution in [0.25, 0.3) is 6.08 Å². The third-order valence-corrected chi connectivity index (χ3v) is 8.76. The third kappa shape index (κ3) is 3.22. The van der Waals surface area contributed by atoms with Crippen LogP contribution in [-0.4, -0.2) is 29.4 Å². The number of carbonyl (C=O) groups is 3. The second-order valence-corrected chi connectivity index (χ2v) is 11.0. The molecule has 5 heteroatoms. The van der Waals surface area contributed by atoms with Crippen molar-refractivity contribution in [3.05, 3.63) is 142 Å². The van der Waals surface area contributed by atoms with E-state index in [0.29, 0.717) is 21.7 Å². The fourth-order valence-corrected chi connectivity index (χ4v) is 7.05. The van der Waals surface area contributed by atoms with E-state index >= 15 is 0 Å². The van der Waals surface area contributed by atoms with Crippen LogP contribution in [0.5, 0.6) is 0 Å². The number of Topliss-reactive ketones (excluding diaryl/α,β-unsaturated/α-hetero) is 3. The highest BCUT2D eigenvalue weighted by Crippen LogP contribution is 2.61. The molecule has 2 aliphatic heterocycles. The van der Waals surface area contributed by atoms with Gasteiger partial charge in [0.25, 0.3) is 0 Å². The quantitative estimate of drug-likeness (QED) is 0.212. The third-order valence-electron chi connectivity index (χ3n) is 8.53. The number of nitrogens with zero attached hydrogens (tertiary/aromatic N) is 1. The molecule has 4 nitrogen and oxygen atoms in total. The molecule has 1 fully saturated rings. The Morgan fingerprint density at radius 2 is 1.46 bits per heavy atom. The molecule has 2 heterocycles. The summed E-state index contributed by atoms with van der Waals surface area (Å²) in [6.07, 6.45) is 3.84. The van der Waals surface area contributed by atoms with Gasteiger partial charge in [-0.2, -0.15) is 0 Å². The van der Waals surface area contributed by atoms with E-state index in [0.717, 1.165) is 22.4 Å². The molecule has 0 bridgehead atoms. The number of ketones is 3. The summed E-state index contributed by atoms with van der Waals surface area (Å²) >= 11 is 6.35. The highest BCUT2D eigenvalue weighted by atomic mass is 35.5. The molecule has 190 valence electrons. The molecule has 4 aromatic rings. The van der Waals surface area contributed by atoms with Crippen LogP contribution < -0.4 is 4.90 Å². The number of rotatable bonds is 3. The standard InChI is InChI=1S/C34H24ClNO3/c1-20-11-13-21(14-12-20)29-30(31(37)22-7-3-2-4-8-22)36-27-17-16-24(35)19-23(27)15-18-28(36)34(29)32(38)25-9-5-6-10-26(25)33(34)39/h2-19,28-30H,1H3/t28?,29-,30+/m1/s1. The molecule has 1 aliphatic carbocycles. The van der Waals surface area contributed by atoms with E-state index < -0.39 is 23.4 Å². The minimum absolute atomic E-state index is 0.129. The van der Waals surface area contributed by atoms with Crippen LogP contribution in [0.4, 0.5) is 5.69 Å². The largest absolute Gasteiger partial charge is 0.352 e. The Labute approximate surface area is 231 Å². The average Bonchev–Trinajstić information content (AvgIpc) is 3.39. The van der Waals surface area contributed by atoms with E-state index in [9.17, 15) is 14.4 Å². The van der Waals surface area contributed by atoms with Gasteiger partial charge in [0.1, 0.15) is 11.5 Å². The Morgan fingerprint density at radius 1 is 0.821 bits per heavy atom. The summed E-state index contributed by atoms with van der Waals surface area (Å²) in [6, 6.07) is 28.1. The lowest BCUT2D eigenvalue weighted by molar-refractivity contribution is 0.0666. The van der Waals surface area contributed by atoms with E-state index in [1.165, 1.54) is 0 Å². The molecule has 1 unspecified atom stereocenters. The van der Waals surface area contributed by atoms with Crippen molar-refractivity contribution in [3.8, 4) is 0 Å². The van der Waals surface area contributed by atoms with Gasteiger partial charge in [0.05, 0.1) is 6.04 Å². The van der Waals surface area contributed by atoms with Gasteiger partial charge in [0.15, 0.2) is 17.3 Å². The van der Waals surface area contributed by atoms with E-state index in [1.54, 1.807) is 42.5 Å². The minimum atomic E-state index is -1.50. The fraction of sp³-hybridized carbons (Fsp3) is 0.147. The van der Waals surface area contributed by atoms with Crippen molar-refractivity contribution in [3.63, 3.8) is 0 Å². The van der Waals surface area contributed by atoms with Crippen molar-refractivity contribution in [2.24, 2.45) is 5.41 Å². The Bertz CT molecular complexity index is 1670. The van der Waals surface area contributed by atoms with Crippen molar-refractivity contribution >= 4 is 40.7 Å². The SMILES string of the molecule is Cc1ccc([C@@H]2[C@@H](C(=O)c3ccccc3)N3c4ccc(Cl)cc4C=CC3C23C(=O)c2ccccc2C3=O)cc1. The number of hydrogen-bond donors (Lipinski definition) is 0. The van der Waals surface area contributed by atoms with Gasteiger partial charge in [-0.3, -0.25) is 14.4 Å². The van der Waals surface area contributed by atoms with Gasteiger partial charge in [-0.15, -0.1) is 0 Å². The number of aryl methyl sites for hydroxylation is 1. The summed E-state index contributed by atoms with van der Waals surface area (Å²) in [5, 5.41) is 0.576. The van der Waals surface area contributed by atoms with Crippen molar-refractivity contribution in [1.29, 1.82) is 0 Å². The maximum atomic E-state index is 14.6. The first-order chi connectivity index (χ1) is 18.9. The first-order valence-electron chi connectivity index (χ1n) is 13.0. The summed E-state index contributed by atoms with van der Waals surface area (Å²) in [4.78, 5) is 45.7. The Kier molecular flexibility index (Phi) is 5.26. The van der Waals surface area contributed by atoms with E-state index in [4.69, 9.17) is 11.6 Å². The van der Waals surface area contributed by atoms with Gasteiger partial charge in [-0.1, -0.05) is 108 Å². The molecular formula is C34H24ClNO3. The fourth-order valence-electron chi connectivity index (χ4n) is 6.87. The average molecular weight is 530 g/mol. The summed E-state index contributed by atoms with van der Waals surface area (Å²) in [7, 11) is 0. The molecule has 7 rings (SSSR count). The number of halogens is 1. The van der Waals surface area contributed by atoms with Crippen LogP contribution >= 0.6 is 11.6 Å². The van der Waals surface area contributed by atoms with Crippen LogP contribution in [0.3, 0.4) is 0 Å². The highest BCUT2D eigenvalue weighted by molar-refractivity contribution is 6.32. The molecule has 1 saturated heterocycles. The number of hydrogen-bond acceptors (Lipinski definition) is 4. The lowest BCUT2D eigenvalue weighted by Crippen LogP contribution is -2.48. The summed E-state index contributed by atoms with van der Waals surface area (Å²) in [5.41, 5.74) is 3.36. The van der Waals surface area contributed by atoms with Crippen LogP contribution in [0.2, 0.25) is 5.02 Å². The van der Waals surface area contributed by atoms with Crippen LogP contribution in [-0.2, 0) is 0 Å². The number of anilines is 1. The topological polar surface area (TPSA) is 54.5 Å². The van der Waals surface area contributed by atoms with Crippen molar-refractivity contribution in [2.45, 2.75) is 24.9 Å². The Morgan fingerprint density at radius 3 is 2.13 bits per heavy atom. The Hall–Kier alpha value is -4.28. The smallest absolute Gasteiger partial charge is 0.185 e. The van der Waals surface area contributed by atoms with E-state index in [2.05, 4.69) is 0 Å². The molecule has 39 heavy (non-hydrogen) atoms. The van der Waals surface area contributed by atoms with Gasteiger partial charge in [0.2, 0.25) is 0 Å². The first kappa shape index (κ1) is 23.8. The first-order valence-corrected chi connectivity index (χ1v) is 13.4. The van der Waals surface area contributed by atoms with Crippen LogP contribution in [0, 0.1) is 12.3 Å². The van der Waals surface area contributed by atoms with Crippen LogP contribution in [0.15, 0.2) is 103 Å². The van der Waals surface area contributed by atoms with Gasteiger partial charge in [0, 0.05) is 33.3 Å². The molecular weight excluding hydrogens is 506 g/mol. The van der Waals surface area contributed by atoms with E-state index in [-0.39, 0.29) is 17.3 Å².